The summed E-state index contributed by atoms with van der Waals surface area (Å²) in [5.74, 6) is -0.0611. The summed E-state index contributed by atoms with van der Waals surface area (Å²) in [5, 5.41) is -0.270. The van der Waals surface area contributed by atoms with Crippen LogP contribution in [0.2, 0.25) is 0 Å². The van der Waals surface area contributed by atoms with Crippen molar-refractivity contribution in [2.75, 3.05) is 5.75 Å². The SMILES string of the molecule is O=[C-]CS(=O)C(c1ccccc1)c1ccccc1.[Y]. The molecule has 0 saturated carbocycles. The molecule has 95 valence electrons. The maximum Gasteiger partial charge on any atom is 0.0822 e. The number of carbonyl (C=O) groups excluding carboxylic acids is 1. The summed E-state index contributed by atoms with van der Waals surface area (Å²) in [6.45, 7) is 0. The summed E-state index contributed by atoms with van der Waals surface area (Å²) in [6.07, 6.45) is 1.74. The van der Waals surface area contributed by atoms with Crippen molar-refractivity contribution in [3.05, 3.63) is 71.8 Å². The molecule has 1 atom stereocenters. The van der Waals surface area contributed by atoms with Gasteiger partial charge in [-0.05, 0) is 11.1 Å². The van der Waals surface area contributed by atoms with Crippen molar-refractivity contribution in [3.63, 3.8) is 0 Å². The minimum absolute atomic E-state index is 0. The zero-order valence-corrected chi connectivity index (χ0v) is 14.0. The first-order valence-electron chi connectivity index (χ1n) is 5.65. The Balaban J connectivity index is 0.00000180. The molecule has 1 radical (unpaired) electrons. The topological polar surface area (TPSA) is 34.1 Å². The van der Waals surface area contributed by atoms with Crippen molar-refractivity contribution in [1.29, 1.82) is 0 Å². The number of hydrogen-bond acceptors (Lipinski definition) is 2. The van der Waals surface area contributed by atoms with Crippen LogP contribution in [-0.2, 0) is 48.3 Å². The molecule has 0 heterocycles. The maximum atomic E-state index is 12.2. The van der Waals surface area contributed by atoms with Crippen LogP contribution >= 0.6 is 0 Å². The molecule has 0 amide bonds. The summed E-state index contributed by atoms with van der Waals surface area (Å²) in [7, 11) is -1.28. The summed E-state index contributed by atoms with van der Waals surface area (Å²) < 4.78 is 12.2. The number of benzene rings is 2. The van der Waals surface area contributed by atoms with Crippen LogP contribution in [0.5, 0.6) is 0 Å². The molecule has 0 aliphatic heterocycles. The largest absolute Gasteiger partial charge is 0.541 e. The van der Waals surface area contributed by atoms with Crippen molar-refractivity contribution in [1.82, 2.24) is 0 Å². The molecular formula is C15H13O2SY-. The molecule has 1 unspecified atom stereocenters. The summed E-state index contributed by atoms with van der Waals surface area (Å²) in [4.78, 5) is 10.5. The van der Waals surface area contributed by atoms with Crippen LogP contribution in [-0.4, -0.2) is 16.2 Å². The van der Waals surface area contributed by atoms with Crippen LogP contribution in [0, 0.1) is 0 Å². The smallest absolute Gasteiger partial charge is 0.0822 e. The first-order valence-corrected chi connectivity index (χ1v) is 7.03. The Morgan fingerprint density at radius 3 is 1.68 bits per heavy atom. The molecule has 0 fully saturated rings. The second-order valence-electron chi connectivity index (χ2n) is 3.87. The van der Waals surface area contributed by atoms with E-state index in [9.17, 15) is 9.00 Å². The van der Waals surface area contributed by atoms with E-state index in [2.05, 4.69) is 0 Å². The monoisotopic (exact) mass is 346 g/mol. The van der Waals surface area contributed by atoms with E-state index in [-0.39, 0.29) is 43.7 Å². The van der Waals surface area contributed by atoms with E-state index < -0.39 is 10.8 Å². The van der Waals surface area contributed by atoms with Gasteiger partial charge in [-0.15, -0.1) is 0 Å². The van der Waals surface area contributed by atoms with Crippen LogP contribution in [0.4, 0.5) is 0 Å². The fraction of sp³-hybridized carbons (Fsp3) is 0.133. The molecule has 19 heavy (non-hydrogen) atoms. The minimum Gasteiger partial charge on any atom is -0.541 e. The van der Waals surface area contributed by atoms with E-state index in [0.717, 1.165) is 11.1 Å². The van der Waals surface area contributed by atoms with Gasteiger partial charge in [0.05, 0.1) is 5.25 Å². The van der Waals surface area contributed by atoms with Gasteiger partial charge in [-0.2, -0.15) is 0 Å². The van der Waals surface area contributed by atoms with Crippen LogP contribution < -0.4 is 0 Å². The quantitative estimate of drug-likeness (QED) is 0.780. The van der Waals surface area contributed by atoms with Crippen molar-refractivity contribution < 1.29 is 41.7 Å². The van der Waals surface area contributed by atoms with Gasteiger partial charge in [0.15, 0.2) is 0 Å². The van der Waals surface area contributed by atoms with Gasteiger partial charge in [-0.3, -0.25) is 10.5 Å². The van der Waals surface area contributed by atoms with Crippen molar-refractivity contribution >= 4 is 17.1 Å². The molecule has 0 spiro atoms. The third kappa shape index (κ3) is 4.45. The van der Waals surface area contributed by atoms with E-state index in [1.54, 1.807) is 6.29 Å². The minimum atomic E-state index is -1.28. The Bertz CT molecular complexity index is 489. The Kier molecular flexibility index (Phi) is 7.36. The molecule has 0 aliphatic rings. The van der Waals surface area contributed by atoms with Crippen LogP contribution in [0.15, 0.2) is 60.7 Å². The normalized spacial score (nSPS) is 11.6. The summed E-state index contributed by atoms with van der Waals surface area (Å²) in [6, 6.07) is 19.2. The molecule has 2 aromatic carbocycles. The predicted molar refractivity (Wildman–Crippen MR) is 73.4 cm³/mol. The Hall–Kier alpha value is -0.636. The van der Waals surface area contributed by atoms with Gasteiger partial charge in [0.25, 0.3) is 0 Å². The maximum absolute atomic E-state index is 12.2. The van der Waals surface area contributed by atoms with Gasteiger partial charge in [0, 0.05) is 43.5 Å². The Labute approximate surface area is 141 Å². The van der Waals surface area contributed by atoms with Crippen molar-refractivity contribution in [3.8, 4) is 0 Å². The summed E-state index contributed by atoms with van der Waals surface area (Å²) >= 11 is 0. The molecular weight excluding hydrogens is 333 g/mol. The van der Waals surface area contributed by atoms with E-state index in [4.69, 9.17) is 0 Å². The molecule has 0 aromatic heterocycles. The molecule has 2 rings (SSSR count). The van der Waals surface area contributed by atoms with Gasteiger partial charge in [-0.25, -0.2) is 0 Å². The second kappa shape index (κ2) is 8.52. The average Bonchev–Trinajstić information content (AvgIpc) is 2.42. The van der Waals surface area contributed by atoms with E-state index in [0.29, 0.717) is 0 Å². The van der Waals surface area contributed by atoms with Gasteiger partial charge in [0.2, 0.25) is 0 Å². The zero-order valence-electron chi connectivity index (χ0n) is 10.4. The third-order valence-corrected chi connectivity index (χ3v) is 4.14. The Morgan fingerprint density at radius 2 is 1.32 bits per heavy atom. The van der Waals surface area contributed by atoms with Crippen LogP contribution in [0.25, 0.3) is 0 Å². The first kappa shape index (κ1) is 16.4. The van der Waals surface area contributed by atoms with Gasteiger partial charge < -0.3 is 4.79 Å². The van der Waals surface area contributed by atoms with Crippen molar-refractivity contribution in [2.24, 2.45) is 0 Å². The predicted octanol–water partition coefficient (Wildman–Crippen LogP) is 2.63. The molecule has 0 aliphatic carbocycles. The van der Waals surface area contributed by atoms with Crippen LogP contribution in [0.3, 0.4) is 0 Å². The van der Waals surface area contributed by atoms with Gasteiger partial charge in [0.1, 0.15) is 0 Å². The molecule has 0 bridgehead atoms. The molecule has 4 heteroatoms. The fourth-order valence-corrected chi connectivity index (χ4v) is 3.10. The second-order valence-corrected chi connectivity index (χ2v) is 5.39. The molecule has 0 saturated heterocycles. The average molecular weight is 346 g/mol. The van der Waals surface area contributed by atoms with Crippen molar-refractivity contribution in [2.45, 2.75) is 5.25 Å². The molecule has 2 nitrogen and oxygen atoms in total. The first-order chi connectivity index (χ1) is 8.83. The summed E-state index contributed by atoms with van der Waals surface area (Å²) in [5.41, 5.74) is 1.91. The van der Waals surface area contributed by atoms with E-state index >= 15 is 0 Å². The Morgan fingerprint density at radius 1 is 0.895 bits per heavy atom. The molecule has 2 aromatic rings. The van der Waals surface area contributed by atoms with Gasteiger partial charge >= 0.3 is 0 Å². The number of hydrogen-bond donors (Lipinski definition) is 0. The third-order valence-electron chi connectivity index (χ3n) is 2.67. The molecule has 0 N–H and O–H groups in total. The number of rotatable bonds is 5. The van der Waals surface area contributed by atoms with Gasteiger partial charge in [-0.1, -0.05) is 66.4 Å². The fourth-order valence-electron chi connectivity index (χ4n) is 1.89. The standard InChI is InChI=1S/C15H13O2S.Y/c16-11-12-18(17)15(13-7-3-1-4-8-13)14-9-5-2-6-10-14;/h1-10,15H,12H2;/q-1;. The van der Waals surface area contributed by atoms with Crippen LogP contribution in [0.1, 0.15) is 16.4 Å². The van der Waals surface area contributed by atoms with E-state index in [1.807, 2.05) is 60.7 Å². The zero-order chi connectivity index (χ0) is 12.8. The van der Waals surface area contributed by atoms with E-state index in [1.165, 1.54) is 0 Å².